The molecule has 1 aromatic heterocycles. The number of hydrogen-bond acceptors (Lipinski definition) is 4. The van der Waals surface area contributed by atoms with Crippen molar-refractivity contribution < 1.29 is 4.42 Å². The third-order valence-electron chi connectivity index (χ3n) is 1.31. The average molecular weight is 172 g/mol. The second-order valence-corrected chi connectivity index (χ2v) is 2.14. The van der Waals surface area contributed by atoms with Gasteiger partial charge in [-0.1, -0.05) is 0 Å². The Bertz CT molecular complexity index is 455. The van der Waals surface area contributed by atoms with Crippen molar-refractivity contribution in [3.8, 4) is 12.1 Å². The van der Waals surface area contributed by atoms with Gasteiger partial charge in [-0.3, -0.25) is 0 Å². The highest BCUT2D eigenvalue weighted by Gasteiger charge is 1.98. The zero-order chi connectivity index (χ0) is 9.68. The van der Waals surface area contributed by atoms with E-state index in [0.717, 1.165) is 0 Å². The van der Waals surface area contributed by atoms with Crippen LogP contribution in [0.15, 0.2) is 33.2 Å². The Balaban J connectivity index is 3.22. The van der Waals surface area contributed by atoms with E-state index < -0.39 is 5.63 Å². The Labute approximate surface area is 74.0 Å². The molecule has 0 spiro atoms. The lowest BCUT2D eigenvalue weighted by Crippen LogP contribution is -2.00. The second-order valence-electron chi connectivity index (χ2n) is 2.14. The lowest BCUT2D eigenvalue weighted by atomic mass is 10.2. The normalized spacial score (nSPS) is 8.15. The first kappa shape index (κ1) is 8.76. The SMILES string of the molecule is N#CC(C#N)=Cc1cccoc1=O. The van der Waals surface area contributed by atoms with E-state index in [9.17, 15) is 4.79 Å². The van der Waals surface area contributed by atoms with Crippen LogP contribution >= 0.6 is 0 Å². The first-order chi connectivity index (χ1) is 6.27. The molecule has 0 amide bonds. The lowest BCUT2D eigenvalue weighted by molar-refractivity contribution is 0.509. The standard InChI is InChI=1S/C9H4N2O2/c10-5-7(6-11)4-8-2-1-3-13-9(8)12/h1-4H. The zero-order valence-electron chi connectivity index (χ0n) is 6.52. The Kier molecular flexibility index (Phi) is 2.62. The Hall–Kier alpha value is -2.33. The van der Waals surface area contributed by atoms with Gasteiger partial charge in [-0.05, 0) is 18.2 Å². The third kappa shape index (κ3) is 2.05. The zero-order valence-corrected chi connectivity index (χ0v) is 6.52. The fraction of sp³-hybridized carbons (Fsp3) is 0. The molecule has 0 aliphatic carbocycles. The fourth-order valence-electron chi connectivity index (χ4n) is 0.732. The highest BCUT2D eigenvalue weighted by atomic mass is 16.4. The summed E-state index contributed by atoms with van der Waals surface area (Å²) in [4.78, 5) is 11.0. The summed E-state index contributed by atoms with van der Waals surface area (Å²) in [6, 6.07) is 6.28. The highest BCUT2D eigenvalue weighted by Crippen LogP contribution is 1.99. The molecule has 0 saturated carbocycles. The van der Waals surface area contributed by atoms with Gasteiger partial charge in [-0.25, -0.2) is 4.79 Å². The topological polar surface area (TPSA) is 77.8 Å². The maximum absolute atomic E-state index is 11.0. The van der Waals surface area contributed by atoms with E-state index in [0.29, 0.717) is 0 Å². The molecule has 1 aromatic rings. The Morgan fingerprint density at radius 2 is 2.15 bits per heavy atom. The van der Waals surface area contributed by atoms with Crippen LogP contribution in [0.2, 0.25) is 0 Å². The summed E-state index contributed by atoms with van der Waals surface area (Å²) < 4.78 is 4.53. The quantitative estimate of drug-likeness (QED) is 0.593. The molecule has 0 radical (unpaired) electrons. The molecule has 1 rings (SSSR count). The van der Waals surface area contributed by atoms with E-state index >= 15 is 0 Å². The van der Waals surface area contributed by atoms with Crippen molar-refractivity contribution in [3.05, 3.63) is 40.0 Å². The van der Waals surface area contributed by atoms with Crippen molar-refractivity contribution in [3.63, 3.8) is 0 Å². The van der Waals surface area contributed by atoms with E-state index in [1.54, 1.807) is 12.1 Å². The molecular weight excluding hydrogens is 168 g/mol. The molecule has 0 aliphatic heterocycles. The maximum Gasteiger partial charge on any atom is 0.343 e. The van der Waals surface area contributed by atoms with E-state index in [1.165, 1.54) is 24.5 Å². The van der Waals surface area contributed by atoms with Crippen LogP contribution < -0.4 is 5.63 Å². The Morgan fingerprint density at radius 3 is 2.69 bits per heavy atom. The maximum atomic E-state index is 11.0. The van der Waals surface area contributed by atoms with Crippen molar-refractivity contribution in [1.82, 2.24) is 0 Å². The van der Waals surface area contributed by atoms with E-state index in [1.807, 2.05) is 0 Å². The molecule has 0 aromatic carbocycles. The minimum atomic E-state index is -0.564. The van der Waals surface area contributed by atoms with Crippen LogP contribution in [0.4, 0.5) is 0 Å². The molecule has 0 saturated heterocycles. The molecule has 62 valence electrons. The van der Waals surface area contributed by atoms with Crippen LogP contribution in [-0.2, 0) is 0 Å². The van der Waals surface area contributed by atoms with Crippen LogP contribution in [0, 0.1) is 22.7 Å². The van der Waals surface area contributed by atoms with Gasteiger partial charge < -0.3 is 4.42 Å². The minimum absolute atomic E-state index is 0.126. The summed E-state index contributed by atoms with van der Waals surface area (Å²) in [5, 5.41) is 16.8. The van der Waals surface area contributed by atoms with Crippen LogP contribution in [-0.4, -0.2) is 0 Å². The van der Waals surface area contributed by atoms with Gasteiger partial charge in [-0.15, -0.1) is 0 Å². The van der Waals surface area contributed by atoms with Crippen molar-refractivity contribution in [1.29, 1.82) is 10.5 Å². The lowest BCUT2D eigenvalue weighted by Gasteiger charge is -1.87. The second kappa shape index (κ2) is 3.89. The summed E-state index contributed by atoms with van der Waals surface area (Å²) in [7, 11) is 0. The predicted molar refractivity (Wildman–Crippen MR) is 44.2 cm³/mol. The molecule has 0 fully saturated rings. The Morgan fingerprint density at radius 1 is 1.46 bits per heavy atom. The molecule has 0 unspecified atom stereocenters. The van der Waals surface area contributed by atoms with E-state index in [-0.39, 0.29) is 11.1 Å². The largest absolute Gasteiger partial charge is 0.431 e. The van der Waals surface area contributed by atoms with Crippen LogP contribution in [0.1, 0.15) is 5.56 Å². The van der Waals surface area contributed by atoms with Gasteiger partial charge in [-0.2, -0.15) is 10.5 Å². The molecule has 0 N–H and O–H groups in total. The van der Waals surface area contributed by atoms with Crippen molar-refractivity contribution >= 4 is 6.08 Å². The van der Waals surface area contributed by atoms with Crippen molar-refractivity contribution in [2.75, 3.05) is 0 Å². The predicted octanol–water partition coefficient (Wildman–Crippen LogP) is 1.07. The summed E-state index contributed by atoms with van der Waals surface area (Å²) in [5.41, 5.74) is -0.496. The number of nitrogens with zero attached hydrogens (tertiary/aromatic N) is 2. The summed E-state index contributed by atoms with van der Waals surface area (Å²) in [6.45, 7) is 0. The van der Waals surface area contributed by atoms with Crippen molar-refractivity contribution in [2.45, 2.75) is 0 Å². The number of hydrogen-bond donors (Lipinski definition) is 0. The molecule has 1 heterocycles. The van der Waals surface area contributed by atoms with Crippen LogP contribution in [0.3, 0.4) is 0 Å². The molecule has 13 heavy (non-hydrogen) atoms. The molecule has 4 nitrogen and oxygen atoms in total. The highest BCUT2D eigenvalue weighted by molar-refractivity contribution is 5.60. The molecule has 0 bridgehead atoms. The van der Waals surface area contributed by atoms with Crippen molar-refractivity contribution in [2.24, 2.45) is 0 Å². The van der Waals surface area contributed by atoms with Gasteiger partial charge in [0.05, 0.1) is 11.8 Å². The van der Waals surface area contributed by atoms with Gasteiger partial charge in [0.15, 0.2) is 0 Å². The third-order valence-corrected chi connectivity index (χ3v) is 1.31. The molecule has 4 heteroatoms. The van der Waals surface area contributed by atoms with E-state index in [2.05, 4.69) is 4.42 Å². The van der Waals surface area contributed by atoms with Gasteiger partial charge in [0.2, 0.25) is 0 Å². The van der Waals surface area contributed by atoms with Gasteiger partial charge in [0, 0.05) is 0 Å². The summed E-state index contributed by atoms with van der Waals surface area (Å²) in [5.74, 6) is 0. The minimum Gasteiger partial charge on any atom is -0.431 e. The summed E-state index contributed by atoms with van der Waals surface area (Å²) >= 11 is 0. The summed E-state index contributed by atoms with van der Waals surface area (Å²) in [6.07, 6.45) is 2.42. The number of nitriles is 2. The van der Waals surface area contributed by atoms with Crippen LogP contribution in [0.25, 0.3) is 6.08 Å². The first-order valence-electron chi connectivity index (χ1n) is 3.37. The first-order valence-corrected chi connectivity index (χ1v) is 3.37. The van der Waals surface area contributed by atoms with Gasteiger partial charge in [0.1, 0.15) is 17.7 Å². The molecule has 0 atom stereocenters. The number of allylic oxidation sites excluding steroid dienone is 1. The van der Waals surface area contributed by atoms with Gasteiger partial charge >= 0.3 is 5.63 Å². The number of rotatable bonds is 1. The van der Waals surface area contributed by atoms with E-state index in [4.69, 9.17) is 10.5 Å². The molecule has 0 aliphatic rings. The van der Waals surface area contributed by atoms with Crippen LogP contribution in [0.5, 0.6) is 0 Å². The fourth-order valence-corrected chi connectivity index (χ4v) is 0.732. The monoisotopic (exact) mass is 172 g/mol. The average Bonchev–Trinajstić information content (AvgIpc) is 2.17. The smallest absolute Gasteiger partial charge is 0.343 e. The van der Waals surface area contributed by atoms with Gasteiger partial charge in [0.25, 0.3) is 0 Å². The molecular formula is C9H4N2O2.